The molecule has 1 aromatic carbocycles. The Labute approximate surface area is 166 Å². The largest absolute Gasteiger partial charge is 0.478 e. The van der Waals surface area contributed by atoms with Gasteiger partial charge in [0, 0.05) is 29.4 Å². The molecule has 0 aliphatic carbocycles. The second kappa shape index (κ2) is 7.62. The molecule has 1 fully saturated rings. The first-order valence-electron chi connectivity index (χ1n) is 9.47. The van der Waals surface area contributed by atoms with Gasteiger partial charge in [-0.15, -0.1) is 0 Å². The van der Waals surface area contributed by atoms with Gasteiger partial charge in [0.1, 0.15) is 17.5 Å². The van der Waals surface area contributed by atoms with E-state index in [-0.39, 0.29) is 11.6 Å². The maximum absolute atomic E-state index is 14.3. The van der Waals surface area contributed by atoms with Crippen LogP contribution in [0.25, 0.3) is 11.7 Å². The van der Waals surface area contributed by atoms with Crippen LogP contribution in [0, 0.1) is 11.6 Å². The van der Waals surface area contributed by atoms with Crippen molar-refractivity contribution in [3.05, 3.63) is 65.0 Å². The van der Waals surface area contributed by atoms with Gasteiger partial charge in [0.05, 0.1) is 12.2 Å². The van der Waals surface area contributed by atoms with E-state index in [0.717, 1.165) is 18.6 Å². The smallest absolute Gasteiger partial charge is 0.331 e. The molecule has 1 aliphatic heterocycles. The van der Waals surface area contributed by atoms with Crippen molar-refractivity contribution in [2.75, 3.05) is 11.4 Å². The number of hydrogen-bond donors (Lipinski definition) is 1. The first kappa shape index (κ1) is 19.0. The molecule has 1 saturated heterocycles. The maximum Gasteiger partial charge on any atom is 0.331 e. The van der Waals surface area contributed by atoms with E-state index in [9.17, 15) is 18.7 Å². The lowest BCUT2D eigenvalue weighted by Gasteiger charge is -2.26. The summed E-state index contributed by atoms with van der Waals surface area (Å²) in [7, 11) is 0. The van der Waals surface area contributed by atoms with Gasteiger partial charge in [-0.3, -0.25) is 0 Å². The molecule has 0 unspecified atom stereocenters. The Kier molecular flexibility index (Phi) is 5.00. The lowest BCUT2D eigenvalue weighted by Crippen LogP contribution is -2.24. The molecule has 8 heteroatoms. The van der Waals surface area contributed by atoms with E-state index in [4.69, 9.17) is 0 Å². The Morgan fingerprint density at radius 2 is 2.17 bits per heavy atom. The van der Waals surface area contributed by atoms with Crippen LogP contribution in [0.2, 0.25) is 0 Å². The number of aliphatic carboxylic acids is 1. The fraction of sp³-hybridized carbons (Fsp3) is 0.286. The Morgan fingerprint density at radius 1 is 1.34 bits per heavy atom. The van der Waals surface area contributed by atoms with Crippen molar-refractivity contribution >= 4 is 23.5 Å². The Hall–Kier alpha value is -3.29. The molecule has 6 nitrogen and oxygen atoms in total. The fourth-order valence-corrected chi connectivity index (χ4v) is 3.78. The van der Waals surface area contributed by atoms with Gasteiger partial charge in [0.15, 0.2) is 5.65 Å². The normalized spacial score (nSPS) is 17.3. The summed E-state index contributed by atoms with van der Waals surface area (Å²) < 4.78 is 29.6. The number of carbonyl (C=O) groups is 1. The van der Waals surface area contributed by atoms with Gasteiger partial charge in [-0.2, -0.15) is 5.10 Å². The van der Waals surface area contributed by atoms with Crippen molar-refractivity contribution in [2.45, 2.75) is 32.2 Å². The van der Waals surface area contributed by atoms with Crippen LogP contribution >= 0.6 is 0 Å². The van der Waals surface area contributed by atoms with E-state index in [1.165, 1.54) is 6.07 Å². The third kappa shape index (κ3) is 3.57. The number of aromatic nitrogens is 3. The van der Waals surface area contributed by atoms with Gasteiger partial charge in [-0.25, -0.2) is 23.1 Å². The number of carboxylic acids is 1. The van der Waals surface area contributed by atoms with Crippen LogP contribution < -0.4 is 4.90 Å². The SMILES string of the molecule is CCC(=Cc1cnn2ccc(N3CCC[C@@H]3c3cc(F)ccc3F)nc12)C(=O)O. The maximum atomic E-state index is 14.3. The van der Waals surface area contributed by atoms with Crippen LogP contribution in [0.5, 0.6) is 0 Å². The van der Waals surface area contributed by atoms with E-state index in [0.29, 0.717) is 42.0 Å². The quantitative estimate of drug-likeness (QED) is 0.652. The molecule has 29 heavy (non-hydrogen) atoms. The van der Waals surface area contributed by atoms with E-state index in [1.54, 1.807) is 36.0 Å². The molecule has 0 spiro atoms. The van der Waals surface area contributed by atoms with E-state index in [1.807, 2.05) is 4.90 Å². The topological polar surface area (TPSA) is 70.7 Å². The van der Waals surface area contributed by atoms with Crippen molar-refractivity contribution in [2.24, 2.45) is 0 Å². The monoisotopic (exact) mass is 398 g/mol. The zero-order valence-corrected chi connectivity index (χ0v) is 15.8. The van der Waals surface area contributed by atoms with E-state index in [2.05, 4.69) is 10.1 Å². The summed E-state index contributed by atoms with van der Waals surface area (Å²) in [6.07, 6.45) is 6.77. The first-order valence-corrected chi connectivity index (χ1v) is 9.47. The third-order valence-corrected chi connectivity index (χ3v) is 5.23. The van der Waals surface area contributed by atoms with Crippen LogP contribution in [0.3, 0.4) is 0 Å². The predicted molar refractivity (Wildman–Crippen MR) is 105 cm³/mol. The summed E-state index contributed by atoms with van der Waals surface area (Å²) in [5.41, 5.74) is 1.68. The molecule has 2 aromatic heterocycles. The first-order chi connectivity index (χ1) is 14.0. The molecular formula is C21H20F2N4O2. The zero-order chi connectivity index (χ0) is 20.5. The molecule has 0 bridgehead atoms. The zero-order valence-electron chi connectivity index (χ0n) is 15.8. The molecule has 3 aromatic rings. The summed E-state index contributed by atoms with van der Waals surface area (Å²) in [5.74, 6) is -1.27. The lowest BCUT2D eigenvalue weighted by molar-refractivity contribution is -0.132. The van der Waals surface area contributed by atoms with Crippen molar-refractivity contribution < 1.29 is 18.7 Å². The fourth-order valence-electron chi connectivity index (χ4n) is 3.78. The van der Waals surface area contributed by atoms with Crippen LogP contribution in [0.15, 0.2) is 42.2 Å². The van der Waals surface area contributed by atoms with Crippen molar-refractivity contribution in [1.82, 2.24) is 14.6 Å². The number of hydrogen-bond acceptors (Lipinski definition) is 4. The number of rotatable bonds is 5. The second-order valence-electron chi connectivity index (χ2n) is 7.00. The van der Waals surface area contributed by atoms with Gasteiger partial charge < -0.3 is 10.0 Å². The highest BCUT2D eigenvalue weighted by atomic mass is 19.1. The molecule has 0 radical (unpaired) electrons. The van der Waals surface area contributed by atoms with Crippen molar-refractivity contribution in [1.29, 1.82) is 0 Å². The minimum atomic E-state index is -0.982. The van der Waals surface area contributed by atoms with Crippen LogP contribution in [-0.4, -0.2) is 32.2 Å². The predicted octanol–water partition coefficient (Wildman–Crippen LogP) is 4.23. The van der Waals surface area contributed by atoms with Gasteiger partial charge in [0.2, 0.25) is 0 Å². The van der Waals surface area contributed by atoms with Gasteiger partial charge in [-0.1, -0.05) is 6.92 Å². The average molecular weight is 398 g/mol. The Bertz CT molecular complexity index is 1110. The third-order valence-electron chi connectivity index (χ3n) is 5.23. The molecule has 1 N–H and O–H groups in total. The molecule has 0 amide bonds. The van der Waals surface area contributed by atoms with E-state index < -0.39 is 17.6 Å². The molecule has 1 aliphatic rings. The highest BCUT2D eigenvalue weighted by Gasteiger charge is 2.30. The molecule has 3 heterocycles. The number of nitrogens with zero attached hydrogens (tertiary/aromatic N) is 4. The van der Waals surface area contributed by atoms with E-state index >= 15 is 0 Å². The summed E-state index contributed by atoms with van der Waals surface area (Å²) in [6.45, 7) is 2.44. The van der Waals surface area contributed by atoms with Crippen molar-refractivity contribution in [3.8, 4) is 0 Å². The van der Waals surface area contributed by atoms with Crippen LogP contribution in [0.1, 0.15) is 43.4 Å². The molecule has 1 atom stereocenters. The summed E-state index contributed by atoms with van der Waals surface area (Å²) >= 11 is 0. The number of fused-ring (bicyclic) bond motifs is 1. The summed E-state index contributed by atoms with van der Waals surface area (Å²) in [5, 5.41) is 13.5. The minimum Gasteiger partial charge on any atom is -0.478 e. The average Bonchev–Trinajstić information content (AvgIpc) is 3.34. The van der Waals surface area contributed by atoms with Gasteiger partial charge >= 0.3 is 5.97 Å². The van der Waals surface area contributed by atoms with Crippen LogP contribution in [-0.2, 0) is 4.79 Å². The molecular weight excluding hydrogens is 378 g/mol. The molecule has 0 saturated carbocycles. The highest BCUT2D eigenvalue weighted by Crippen LogP contribution is 2.37. The lowest BCUT2D eigenvalue weighted by atomic mass is 10.0. The Morgan fingerprint density at radius 3 is 2.93 bits per heavy atom. The van der Waals surface area contributed by atoms with Gasteiger partial charge in [0.25, 0.3) is 0 Å². The number of halogens is 2. The summed E-state index contributed by atoms with van der Waals surface area (Å²) in [6, 6.07) is 4.97. The number of anilines is 1. The Balaban J connectivity index is 1.75. The standard InChI is InChI=1S/C21H20F2N4O2/c1-2-13(21(28)29)10-14-12-24-27-9-7-19(25-20(14)27)26-8-3-4-18(26)16-11-15(22)5-6-17(16)23/h5-7,9-12,18H,2-4,8H2,1H3,(H,28,29)/t18-/m1/s1. The summed E-state index contributed by atoms with van der Waals surface area (Å²) in [4.78, 5) is 18.0. The number of benzene rings is 1. The molecule has 150 valence electrons. The van der Waals surface area contributed by atoms with Crippen LogP contribution in [0.4, 0.5) is 14.6 Å². The van der Waals surface area contributed by atoms with Crippen molar-refractivity contribution in [3.63, 3.8) is 0 Å². The minimum absolute atomic E-state index is 0.257. The number of carboxylic acid groups (broad SMARTS) is 1. The molecule has 4 rings (SSSR count). The second-order valence-corrected chi connectivity index (χ2v) is 7.00. The van der Waals surface area contributed by atoms with Gasteiger partial charge in [-0.05, 0) is 49.6 Å². The highest BCUT2D eigenvalue weighted by molar-refractivity contribution is 5.93.